The molecule has 27 heavy (non-hydrogen) atoms. The van der Waals surface area contributed by atoms with Crippen molar-refractivity contribution < 1.29 is 4.79 Å². The molecule has 2 aromatic rings. The summed E-state index contributed by atoms with van der Waals surface area (Å²) in [5.41, 5.74) is 4.45. The average molecular weight is 425 g/mol. The first kappa shape index (κ1) is 18.3. The third kappa shape index (κ3) is 3.68. The Bertz CT molecular complexity index is 859. The predicted molar refractivity (Wildman–Crippen MR) is 114 cm³/mol. The van der Waals surface area contributed by atoms with E-state index in [0.29, 0.717) is 11.8 Å². The van der Waals surface area contributed by atoms with Gasteiger partial charge in [0, 0.05) is 28.2 Å². The Morgan fingerprint density at radius 1 is 1.22 bits per heavy atom. The molecule has 0 aromatic heterocycles. The number of anilines is 1. The Labute approximate surface area is 169 Å². The van der Waals surface area contributed by atoms with E-state index in [1.165, 1.54) is 11.1 Å². The summed E-state index contributed by atoms with van der Waals surface area (Å²) in [4.78, 5) is 12.5. The fraction of sp³-hybridized carbons (Fsp3) is 0.348. The molecule has 2 aliphatic rings. The number of hydrogen-bond donors (Lipinski definition) is 2. The second-order valence-corrected chi connectivity index (χ2v) is 8.35. The smallest absolute Gasteiger partial charge is 0.251 e. The Hall–Kier alpha value is -2.07. The molecule has 140 valence electrons. The van der Waals surface area contributed by atoms with E-state index in [0.717, 1.165) is 41.5 Å². The highest BCUT2D eigenvalue weighted by Crippen LogP contribution is 2.49. The maximum atomic E-state index is 12.5. The van der Waals surface area contributed by atoms with Gasteiger partial charge in [0.2, 0.25) is 0 Å². The molecule has 0 spiro atoms. The van der Waals surface area contributed by atoms with Crippen LogP contribution >= 0.6 is 15.9 Å². The van der Waals surface area contributed by atoms with Gasteiger partial charge in [-0.2, -0.15) is 0 Å². The number of rotatable bonds is 5. The van der Waals surface area contributed by atoms with Gasteiger partial charge in [0.05, 0.1) is 6.04 Å². The Kier molecular flexibility index (Phi) is 5.35. The molecule has 0 saturated carbocycles. The van der Waals surface area contributed by atoms with Gasteiger partial charge in [-0.1, -0.05) is 53.6 Å². The van der Waals surface area contributed by atoms with Crippen molar-refractivity contribution >= 4 is 27.5 Å². The molecule has 0 saturated heterocycles. The molecule has 1 amide bonds. The van der Waals surface area contributed by atoms with Crippen LogP contribution in [-0.2, 0) is 0 Å². The Balaban J connectivity index is 1.61. The molecule has 1 heterocycles. The second kappa shape index (κ2) is 7.89. The SMILES string of the molecule is CCCCNC(=O)c1ccc2c(c1)C1C=CCC1C(c1ccc(Br)cc1)N2. The minimum absolute atomic E-state index is 0.0276. The first-order valence-electron chi connectivity index (χ1n) is 9.78. The van der Waals surface area contributed by atoms with Crippen LogP contribution in [0.25, 0.3) is 0 Å². The van der Waals surface area contributed by atoms with E-state index in [2.05, 4.69) is 82.0 Å². The first-order chi connectivity index (χ1) is 13.2. The fourth-order valence-electron chi connectivity index (χ4n) is 4.22. The highest BCUT2D eigenvalue weighted by Gasteiger charge is 2.38. The van der Waals surface area contributed by atoms with Crippen molar-refractivity contribution in [2.24, 2.45) is 5.92 Å². The standard InChI is InChI=1S/C23H25BrN2O/c1-2-3-13-25-23(27)16-9-12-21-20(14-16)18-5-4-6-19(18)22(26-21)15-7-10-17(24)11-8-15/h4-5,7-12,14,18-19,22,26H,2-3,6,13H2,1H3,(H,25,27). The third-order valence-electron chi connectivity index (χ3n) is 5.67. The molecule has 3 unspecified atom stereocenters. The summed E-state index contributed by atoms with van der Waals surface area (Å²) in [7, 11) is 0. The van der Waals surface area contributed by atoms with Crippen LogP contribution in [-0.4, -0.2) is 12.5 Å². The summed E-state index contributed by atoms with van der Waals surface area (Å²) in [6.07, 6.45) is 7.76. The molecule has 1 aliphatic heterocycles. The molecule has 4 heteroatoms. The van der Waals surface area contributed by atoms with Crippen LogP contribution in [0.4, 0.5) is 5.69 Å². The molecular formula is C23H25BrN2O. The number of nitrogens with one attached hydrogen (secondary N) is 2. The summed E-state index contributed by atoms with van der Waals surface area (Å²) in [5.74, 6) is 0.871. The molecule has 1 aliphatic carbocycles. The lowest BCUT2D eigenvalue weighted by atomic mass is 9.76. The van der Waals surface area contributed by atoms with Crippen LogP contribution in [0.1, 0.15) is 59.6 Å². The monoisotopic (exact) mass is 424 g/mol. The van der Waals surface area contributed by atoms with Crippen LogP contribution in [0.2, 0.25) is 0 Å². The number of unbranched alkanes of at least 4 members (excludes halogenated alkanes) is 1. The summed E-state index contributed by atoms with van der Waals surface area (Å²) in [5, 5.41) is 6.76. The van der Waals surface area contributed by atoms with Gasteiger partial charge in [-0.3, -0.25) is 4.79 Å². The number of halogens is 1. The molecule has 0 fully saturated rings. The number of allylic oxidation sites excluding steroid dienone is 2. The van der Waals surface area contributed by atoms with E-state index in [1.807, 2.05) is 6.07 Å². The van der Waals surface area contributed by atoms with Crippen LogP contribution in [0.5, 0.6) is 0 Å². The molecule has 2 aromatic carbocycles. The largest absolute Gasteiger partial charge is 0.378 e. The average Bonchev–Trinajstić information content (AvgIpc) is 3.18. The summed E-state index contributed by atoms with van der Waals surface area (Å²) < 4.78 is 1.10. The zero-order valence-corrected chi connectivity index (χ0v) is 17.1. The van der Waals surface area contributed by atoms with E-state index in [1.54, 1.807) is 0 Å². The van der Waals surface area contributed by atoms with Gasteiger partial charge in [0.25, 0.3) is 5.91 Å². The van der Waals surface area contributed by atoms with Gasteiger partial charge >= 0.3 is 0 Å². The van der Waals surface area contributed by atoms with Crippen molar-refractivity contribution in [2.45, 2.75) is 38.1 Å². The normalized spacial score (nSPS) is 22.7. The molecule has 2 N–H and O–H groups in total. The topological polar surface area (TPSA) is 41.1 Å². The number of benzene rings is 2. The predicted octanol–water partition coefficient (Wildman–Crippen LogP) is 5.81. The summed E-state index contributed by atoms with van der Waals surface area (Å²) in [6.45, 7) is 2.87. The lowest BCUT2D eigenvalue weighted by molar-refractivity contribution is 0.0953. The third-order valence-corrected chi connectivity index (χ3v) is 6.20. The fourth-order valence-corrected chi connectivity index (χ4v) is 4.48. The van der Waals surface area contributed by atoms with Gasteiger partial charge in [-0.25, -0.2) is 0 Å². The van der Waals surface area contributed by atoms with Crippen LogP contribution < -0.4 is 10.6 Å². The highest BCUT2D eigenvalue weighted by atomic mass is 79.9. The van der Waals surface area contributed by atoms with Crippen molar-refractivity contribution in [2.75, 3.05) is 11.9 Å². The van der Waals surface area contributed by atoms with Crippen molar-refractivity contribution in [3.8, 4) is 0 Å². The van der Waals surface area contributed by atoms with E-state index >= 15 is 0 Å². The number of hydrogen-bond acceptors (Lipinski definition) is 2. The maximum absolute atomic E-state index is 12.5. The molecule has 0 radical (unpaired) electrons. The van der Waals surface area contributed by atoms with Crippen LogP contribution in [0, 0.1) is 5.92 Å². The minimum atomic E-state index is 0.0276. The number of carbonyl (C=O) groups excluding carboxylic acids is 1. The Morgan fingerprint density at radius 3 is 2.81 bits per heavy atom. The van der Waals surface area contributed by atoms with E-state index in [9.17, 15) is 4.79 Å². The number of carbonyl (C=O) groups is 1. The van der Waals surface area contributed by atoms with Crippen molar-refractivity contribution in [1.82, 2.24) is 5.32 Å². The molecule has 3 nitrogen and oxygen atoms in total. The minimum Gasteiger partial charge on any atom is -0.378 e. The number of amides is 1. The quantitative estimate of drug-likeness (QED) is 0.469. The molecular weight excluding hydrogens is 400 g/mol. The Morgan fingerprint density at radius 2 is 2.04 bits per heavy atom. The van der Waals surface area contributed by atoms with E-state index in [4.69, 9.17) is 0 Å². The summed E-state index contributed by atoms with van der Waals surface area (Å²) >= 11 is 3.52. The molecule has 0 bridgehead atoms. The van der Waals surface area contributed by atoms with Crippen LogP contribution in [0.15, 0.2) is 59.1 Å². The van der Waals surface area contributed by atoms with E-state index in [-0.39, 0.29) is 11.9 Å². The first-order valence-corrected chi connectivity index (χ1v) is 10.6. The number of fused-ring (bicyclic) bond motifs is 3. The van der Waals surface area contributed by atoms with Gasteiger partial charge in [0.15, 0.2) is 0 Å². The molecule has 4 rings (SSSR count). The maximum Gasteiger partial charge on any atom is 0.251 e. The van der Waals surface area contributed by atoms with E-state index < -0.39 is 0 Å². The van der Waals surface area contributed by atoms with Crippen molar-refractivity contribution in [3.05, 3.63) is 75.8 Å². The van der Waals surface area contributed by atoms with Gasteiger partial charge in [0.1, 0.15) is 0 Å². The van der Waals surface area contributed by atoms with Gasteiger partial charge in [-0.15, -0.1) is 0 Å². The molecule has 3 atom stereocenters. The zero-order valence-electron chi connectivity index (χ0n) is 15.5. The van der Waals surface area contributed by atoms with Crippen molar-refractivity contribution in [3.63, 3.8) is 0 Å². The van der Waals surface area contributed by atoms with Gasteiger partial charge in [-0.05, 0) is 60.2 Å². The highest BCUT2D eigenvalue weighted by molar-refractivity contribution is 9.10. The second-order valence-electron chi connectivity index (χ2n) is 7.44. The lowest BCUT2D eigenvalue weighted by Gasteiger charge is -2.37. The van der Waals surface area contributed by atoms with Crippen LogP contribution in [0.3, 0.4) is 0 Å². The lowest BCUT2D eigenvalue weighted by Crippen LogP contribution is -2.30. The van der Waals surface area contributed by atoms with Crippen molar-refractivity contribution in [1.29, 1.82) is 0 Å². The summed E-state index contributed by atoms with van der Waals surface area (Å²) in [6, 6.07) is 15.0. The van der Waals surface area contributed by atoms with Gasteiger partial charge < -0.3 is 10.6 Å². The zero-order chi connectivity index (χ0) is 18.8.